The van der Waals surface area contributed by atoms with E-state index < -0.39 is 0 Å². The van der Waals surface area contributed by atoms with Gasteiger partial charge in [0.25, 0.3) is 0 Å². The summed E-state index contributed by atoms with van der Waals surface area (Å²) in [6.07, 6.45) is 4.95. The van der Waals surface area contributed by atoms with Crippen LogP contribution < -0.4 is 5.32 Å². The van der Waals surface area contributed by atoms with Crippen LogP contribution in [0.2, 0.25) is 0 Å². The molecule has 2 rings (SSSR count). The van der Waals surface area contributed by atoms with Gasteiger partial charge >= 0.3 is 0 Å². The summed E-state index contributed by atoms with van der Waals surface area (Å²) < 4.78 is 5.52. The van der Waals surface area contributed by atoms with Crippen molar-refractivity contribution in [2.75, 3.05) is 6.54 Å². The van der Waals surface area contributed by atoms with Gasteiger partial charge in [0, 0.05) is 6.42 Å². The fourth-order valence-electron chi connectivity index (χ4n) is 1.85. The number of aryl methyl sites for hydroxylation is 2. The van der Waals surface area contributed by atoms with E-state index in [4.69, 9.17) is 4.42 Å². The monoisotopic (exact) mass is 244 g/mol. The minimum absolute atomic E-state index is 0.717. The minimum Gasteiger partial charge on any atom is -0.444 e. The number of oxazole rings is 1. The molecule has 0 aliphatic heterocycles. The van der Waals surface area contributed by atoms with Crippen molar-refractivity contribution in [1.82, 2.24) is 10.3 Å². The Labute approximate surface area is 108 Å². The lowest BCUT2D eigenvalue weighted by molar-refractivity contribution is 0.438. The van der Waals surface area contributed by atoms with Gasteiger partial charge in [-0.15, -0.1) is 0 Å². The predicted molar refractivity (Wildman–Crippen MR) is 72.4 cm³/mol. The first-order valence-electron chi connectivity index (χ1n) is 6.56. The molecule has 1 N–H and O–H groups in total. The lowest BCUT2D eigenvalue weighted by atomic mass is 10.1. The van der Waals surface area contributed by atoms with Crippen LogP contribution in [0.5, 0.6) is 0 Å². The third kappa shape index (κ3) is 4.00. The Morgan fingerprint density at radius 2 is 2.06 bits per heavy atom. The molecule has 0 amide bonds. The molecule has 0 bridgehead atoms. The van der Waals surface area contributed by atoms with Crippen LogP contribution in [0.15, 0.2) is 40.9 Å². The molecule has 0 aliphatic rings. The maximum Gasteiger partial charge on any atom is 0.208 e. The second-order valence-corrected chi connectivity index (χ2v) is 4.34. The zero-order chi connectivity index (χ0) is 12.6. The molecular weight excluding hydrogens is 224 g/mol. The van der Waals surface area contributed by atoms with E-state index in [0.717, 1.165) is 44.0 Å². The molecule has 2 aromatic rings. The minimum atomic E-state index is 0.717. The summed E-state index contributed by atoms with van der Waals surface area (Å²) >= 11 is 0. The van der Waals surface area contributed by atoms with Crippen LogP contribution in [0.25, 0.3) is 0 Å². The largest absolute Gasteiger partial charge is 0.444 e. The molecule has 0 unspecified atom stereocenters. The zero-order valence-electron chi connectivity index (χ0n) is 10.9. The first-order chi connectivity index (χ1) is 8.88. The molecule has 0 fully saturated rings. The van der Waals surface area contributed by atoms with E-state index in [1.165, 1.54) is 5.56 Å². The number of rotatable bonds is 7. The molecule has 0 spiro atoms. The number of hydrogen-bond acceptors (Lipinski definition) is 3. The van der Waals surface area contributed by atoms with Crippen molar-refractivity contribution in [2.24, 2.45) is 0 Å². The van der Waals surface area contributed by atoms with Crippen molar-refractivity contribution in [1.29, 1.82) is 0 Å². The topological polar surface area (TPSA) is 38.1 Å². The molecule has 18 heavy (non-hydrogen) atoms. The standard InChI is InChI=1S/C15H20N2O/c1-2-14-11-17-15(18-14)12-16-10-6-9-13-7-4-3-5-8-13/h3-5,7-8,11,16H,2,6,9-10,12H2,1H3. The van der Waals surface area contributed by atoms with E-state index in [1.54, 1.807) is 6.20 Å². The van der Waals surface area contributed by atoms with Crippen molar-refractivity contribution < 1.29 is 4.42 Å². The summed E-state index contributed by atoms with van der Waals surface area (Å²) in [7, 11) is 0. The molecule has 96 valence electrons. The average molecular weight is 244 g/mol. The molecule has 3 heteroatoms. The summed E-state index contributed by atoms with van der Waals surface area (Å²) in [5, 5.41) is 3.35. The van der Waals surface area contributed by atoms with E-state index >= 15 is 0 Å². The third-order valence-corrected chi connectivity index (χ3v) is 2.89. The second kappa shape index (κ2) is 6.97. The predicted octanol–water partition coefficient (Wildman–Crippen LogP) is 2.96. The van der Waals surface area contributed by atoms with Gasteiger partial charge in [-0.1, -0.05) is 37.3 Å². The van der Waals surface area contributed by atoms with E-state index in [9.17, 15) is 0 Å². The highest BCUT2D eigenvalue weighted by Crippen LogP contribution is 2.04. The van der Waals surface area contributed by atoms with Crippen LogP contribution in [0, 0.1) is 0 Å². The zero-order valence-corrected chi connectivity index (χ0v) is 10.9. The van der Waals surface area contributed by atoms with Gasteiger partial charge in [0.15, 0.2) is 0 Å². The maximum absolute atomic E-state index is 5.52. The Kier molecular flexibility index (Phi) is 4.97. The molecule has 0 aliphatic carbocycles. The summed E-state index contributed by atoms with van der Waals surface area (Å²) in [6.45, 7) is 3.77. The average Bonchev–Trinajstić information content (AvgIpc) is 2.87. The molecule has 1 aromatic carbocycles. The summed E-state index contributed by atoms with van der Waals surface area (Å²) in [4.78, 5) is 4.21. The molecule has 1 aromatic heterocycles. The van der Waals surface area contributed by atoms with E-state index in [-0.39, 0.29) is 0 Å². The van der Waals surface area contributed by atoms with Crippen LogP contribution in [-0.4, -0.2) is 11.5 Å². The van der Waals surface area contributed by atoms with Gasteiger partial charge in [-0.2, -0.15) is 0 Å². The molecule has 0 atom stereocenters. The van der Waals surface area contributed by atoms with Gasteiger partial charge in [0.05, 0.1) is 12.7 Å². The third-order valence-electron chi connectivity index (χ3n) is 2.89. The van der Waals surface area contributed by atoms with Crippen LogP contribution in [-0.2, 0) is 19.4 Å². The first-order valence-corrected chi connectivity index (χ1v) is 6.56. The Bertz CT molecular complexity index is 451. The van der Waals surface area contributed by atoms with Crippen molar-refractivity contribution >= 4 is 0 Å². The fourth-order valence-corrected chi connectivity index (χ4v) is 1.85. The SMILES string of the molecule is CCc1cnc(CNCCCc2ccccc2)o1. The molecule has 1 heterocycles. The Balaban J connectivity index is 1.61. The fraction of sp³-hybridized carbons (Fsp3) is 0.400. The number of nitrogens with zero attached hydrogens (tertiary/aromatic N) is 1. The quantitative estimate of drug-likeness (QED) is 0.761. The summed E-state index contributed by atoms with van der Waals surface area (Å²) in [5.41, 5.74) is 1.39. The maximum atomic E-state index is 5.52. The Morgan fingerprint density at radius 1 is 1.22 bits per heavy atom. The normalized spacial score (nSPS) is 10.7. The number of nitrogens with one attached hydrogen (secondary N) is 1. The molecule has 3 nitrogen and oxygen atoms in total. The van der Waals surface area contributed by atoms with Gasteiger partial charge in [0.2, 0.25) is 5.89 Å². The number of benzene rings is 1. The van der Waals surface area contributed by atoms with Gasteiger partial charge in [-0.05, 0) is 24.9 Å². The van der Waals surface area contributed by atoms with Crippen LogP contribution in [0.3, 0.4) is 0 Å². The molecule has 0 saturated carbocycles. The van der Waals surface area contributed by atoms with Crippen LogP contribution in [0.1, 0.15) is 30.6 Å². The van der Waals surface area contributed by atoms with Gasteiger partial charge < -0.3 is 9.73 Å². The molecule has 0 radical (unpaired) electrons. The van der Waals surface area contributed by atoms with Gasteiger partial charge in [0.1, 0.15) is 5.76 Å². The van der Waals surface area contributed by atoms with Crippen molar-refractivity contribution in [2.45, 2.75) is 32.7 Å². The van der Waals surface area contributed by atoms with Gasteiger partial charge in [-0.25, -0.2) is 4.98 Å². The number of aromatic nitrogens is 1. The van der Waals surface area contributed by atoms with E-state index in [0.29, 0.717) is 0 Å². The lowest BCUT2D eigenvalue weighted by Crippen LogP contribution is -2.15. The Morgan fingerprint density at radius 3 is 2.78 bits per heavy atom. The van der Waals surface area contributed by atoms with Crippen molar-refractivity contribution in [3.05, 3.63) is 53.7 Å². The summed E-state index contributed by atoms with van der Waals surface area (Å²) in [6, 6.07) is 10.6. The summed E-state index contributed by atoms with van der Waals surface area (Å²) in [5.74, 6) is 1.74. The van der Waals surface area contributed by atoms with Crippen LogP contribution >= 0.6 is 0 Å². The lowest BCUT2D eigenvalue weighted by Gasteiger charge is -2.02. The number of hydrogen-bond donors (Lipinski definition) is 1. The highest BCUT2D eigenvalue weighted by Gasteiger charge is 2.01. The van der Waals surface area contributed by atoms with Crippen LogP contribution in [0.4, 0.5) is 0 Å². The molecule has 0 saturated heterocycles. The second-order valence-electron chi connectivity index (χ2n) is 4.34. The smallest absolute Gasteiger partial charge is 0.208 e. The highest BCUT2D eigenvalue weighted by molar-refractivity contribution is 5.14. The van der Waals surface area contributed by atoms with Crippen molar-refractivity contribution in [3.8, 4) is 0 Å². The van der Waals surface area contributed by atoms with E-state index in [1.807, 2.05) is 0 Å². The van der Waals surface area contributed by atoms with Crippen molar-refractivity contribution in [3.63, 3.8) is 0 Å². The highest BCUT2D eigenvalue weighted by atomic mass is 16.4. The van der Waals surface area contributed by atoms with Gasteiger partial charge in [-0.3, -0.25) is 0 Å². The Hall–Kier alpha value is -1.61. The molecular formula is C15H20N2O. The van der Waals surface area contributed by atoms with E-state index in [2.05, 4.69) is 47.6 Å². The first kappa shape index (κ1) is 12.8.